The van der Waals surface area contributed by atoms with Crippen LogP contribution in [-0.2, 0) is 0 Å². The lowest BCUT2D eigenvalue weighted by Crippen LogP contribution is -2.27. The molecule has 0 aromatic heterocycles. The molecule has 8 heavy (non-hydrogen) atoms. The van der Waals surface area contributed by atoms with Gasteiger partial charge in [-0.3, -0.25) is 0 Å². The Bertz CT molecular complexity index is 128. The van der Waals surface area contributed by atoms with Crippen molar-refractivity contribution in [1.29, 1.82) is 0 Å². The lowest BCUT2D eigenvalue weighted by atomic mass is 10.2. The van der Waals surface area contributed by atoms with Crippen molar-refractivity contribution in [2.75, 3.05) is 19.6 Å². The van der Waals surface area contributed by atoms with E-state index < -0.39 is 0 Å². The summed E-state index contributed by atoms with van der Waals surface area (Å²) in [6, 6.07) is 0.676. The van der Waals surface area contributed by atoms with Crippen LogP contribution in [0.3, 0.4) is 0 Å². The molecule has 2 aliphatic rings. The van der Waals surface area contributed by atoms with Gasteiger partial charge < -0.3 is 10.6 Å². The molecule has 2 heteroatoms. The third kappa shape index (κ3) is 0.501. The monoisotopic (exact) mass is 110 g/mol. The number of fused-ring (bicyclic) bond motifs is 1. The first-order chi connectivity index (χ1) is 3.97. The Hall–Kier alpha value is -0.340. The van der Waals surface area contributed by atoms with Crippen LogP contribution >= 0.6 is 0 Å². The molecule has 0 amide bonds. The Morgan fingerprint density at radius 1 is 1.62 bits per heavy atom. The van der Waals surface area contributed by atoms with Gasteiger partial charge in [-0.15, -0.1) is 0 Å². The van der Waals surface area contributed by atoms with Gasteiger partial charge in [0, 0.05) is 25.7 Å². The Morgan fingerprint density at radius 3 is 3.50 bits per heavy atom. The minimum atomic E-state index is 0.676. The summed E-state index contributed by atoms with van der Waals surface area (Å²) in [5, 5.41) is 6.66. The van der Waals surface area contributed by atoms with Gasteiger partial charge in [-0.05, 0) is 5.57 Å². The van der Waals surface area contributed by atoms with E-state index in [4.69, 9.17) is 0 Å². The van der Waals surface area contributed by atoms with Crippen LogP contribution in [0, 0.1) is 0 Å². The van der Waals surface area contributed by atoms with E-state index in [9.17, 15) is 0 Å². The summed E-state index contributed by atoms with van der Waals surface area (Å²) in [4.78, 5) is 0. The van der Waals surface area contributed by atoms with E-state index in [0.29, 0.717) is 6.04 Å². The van der Waals surface area contributed by atoms with Crippen molar-refractivity contribution in [3.63, 3.8) is 0 Å². The maximum atomic E-state index is 3.36. The Kier molecular flexibility index (Phi) is 0.889. The molecule has 2 rings (SSSR count). The zero-order valence-corrected chi connectivity index (χ0v) is 4.78. The van der Waals surface area contributed by atoms with Crippen molar-refractivity contribution in [2.24, 2.45) is 0 Å². The zero-order valence-electron chi connectivity index (χ0n) is 4.78. The summed E-state index contributed by atoms with van der Waals surface area (Å²) >= 11 is 0. The van der Waals surface area contributed by atoms with Gasteiger partial charge in [0.15, 0.2) is 0 Å². The van der Waals surface area contributed by atoms with Gasteiger partial charge in [0.2, 0.25) is 0 Å². The molecule has 1 fully saturated rings. The number of hydrogen-bond acceptors (Lipinski definition) is 2. The van der Waals surface area contributed by atoms with Crippen LogP contribution in [0.4, 0.5) is 0 Å². The van der Waals surface area contributed by atoms with Crippen LogP contribution in [0.2, 0.25) is 0 Å². The third-order valence-electron chi connectivity index (χ3n) is 1.85. The first kappa shape index (κ1) is 4.53. The van der Waals surface area contributed by atoms with Crippen molar-refractivity contribution in [3.8, 4) is 0 Å². The van der Waals surface area contributed by atoms with Crippen molar-refractivity contribution in [2.45, 2.75) is 6.04 Å². The van der Waals surface area contributed by atoms with Crippen LogP contribution in [0.15, 0.2) is 11.6 Å². The predicted molar refractivity (Wildman–Crippen MR) is 32.7 cm³/mol. The SMILES string of the molecule is C1=C2CNCC2NC1. The normalized spacial score (nSPS) is 35.0. The van der Waals surface area contributed by atoms with Gasteiger partial charge in [-0.2, -0.15) is 0 Å². The average Bonchev–Trinajstić information content (AvgIpc) is 2.15. The van der Waals surface area contributed by atoms with Gasteiger partial charge in [-0.1, -0.05) is 6.08 Å². The standard InChI is InChI=1S/C6H10N2/c1-2-8-6-4-7-3-5(1)6/h1,6-8H,2-4H2. The second kappa shape index (κ2) is 1.57. The number of rotatable bonds is 0. The van der Waals surface area contributed by atoms with Crippen LogP contribution in [0.25, 0.3) is 0 Å². The Balaban J connectivity index is 2.20. The summed E-state index contributed by atoms with van der Waals surface area (Å²) < 4.78 is 0. The van der Waals surface area contributed by atoms with Gasteiger partial charge in [0.25, 0.3) is 0 Å². The van der Waals surface area contributed by atoms with E-state index >= 15 is 0 Å². The molecule has 0 aromatic rings. The summed E-state index contributed by atoms with van der Waals surface area (Å²) in [6.45, 7) is 3.32. The molecule has 2 heterocycles. The minimum Gasteiger partial charge on any atom is -0.311 e. The van der Waals surface area contributed by atoms with E-state index in [1.807, 2.05) is 0 Å². The topological polar surface area (TPSA) is 24.1 Å². The molecule has 0 bridgehead atoms. The maximum absolute atomic E-state index is 3.36. The largest absolute Gasteiger partial charge is 0.311 e. The molecule has 0 radical (unpaired) electrons. The van der Waals surface area contributed by atoms with Gasteiger partial charge in [-0.25, -0.2) is 0 Å². The molecule has 2 aliphatic heterocycles. The summed E-state index contributed by atoms with van der Waals surface area (Å²) in [7, 11) is 0. The van der Waals surface area contributed by atoms with Crippen molar-refractivity contribution in [3.05, 3.63) is 11.6 Å². The number of nitrogens with one attached hydrogen (secondary N) is 2. The van der Waals surface area contributed by atoms with Gasteiger partial charge in [0.05, 0.1) is 0 Å². The third-order valence-corrected chi connectivity index (χ3v) is 1.85. The van der Waals surface area contributed by atoms with Crippen LogP contribution < -0.4 is 10.6 Å². The smallest absolute Gasteiger partial charge is 0.0421 e. The highest BCUT2D eigenvalue weighted by atomic mass is 15.0. The molecule has 0 aromatic carbocycles. The number of hydrogen-bond donors (Lipinski definition) is 2. The van der Waals surface area contributed by atoms with E-state index in [-0.39, 0.29) is 0 Å². The second-order valence-corrected chi connectivity index (χ2v) is 2.37. The molecular weight excluding hydrogens is 100 g/mol. The Labute approximate surface area is 49.0 Å². The molecule has 0 saturated carbocycles. The predicted octanol–water partition coefficient (Wildman–Crippen LogP) is -0.512. The van der Waals surface area contributed by atoms with Crippen molar-refractivity contribution in [1.82, 2.24) is 10.6 Å². The molecule has 1 unspecified atom stereocenters. The first-order valence-electron chi connectivity index (χ1n) is 3.10. The lowest BCUT2D eigenvalue weighted by molar-refractivity contribution is 0.663. The van der Waals surface area contributed by atoms with E-state index in [1.165, 1.54) is 0 Å². The van der Waals surface area contributed by atoms with E-state index in [0.717, 1.165) is 19.6 Å². The van der Waals surface area contributed by atoms with Crippen molar-refractivity contribution < 1.29 is 0 Å². The molecular formula is C6H10N2. The molecule has 2 nitrogen and oxygen atoms in total. The molecule has 2 N–H and O–H groups in total. The molecule has 0 aliphatic carbocycles. The van der Waals surface area contributed by atoms with Gasteiger partial charge >= 0.3 is 0 Å². The minimum absolute atomic E-state index is 0.676. The summed E-state index contributed by atoms with van der Waals surface area (Å²) in [5.41, 5.74) is 1.56. The van der Waals surface area contributed by atoms with E-state index in [2.05, 4.69) is 16.7 Å². The fourth-order valence-electron chi connectivity index (χ4n) is 1.37. The Morgan fingerprint density at radius 2 is 2.62 bits per heavy atom. The lowest BCUT2D eigenvalue weighted by Gasteiger charge is -2.01. The zero-order chi connectivity index (χ0) is 5.40. The van der Waals surface area contributed by atoms with Crippen LogP contribution in [-0.4, -0.2) is 25.7 Å². The van der Waals surface area contributed by atoms with E-state index in [1.54, 1.807) is 5.57 Å². The fourth-order valence-corrected chi connectivity index (χ4v) is 1.37. The van der Waals surface area contributed by atoms with Crippen LogP contribution in [0.5, 0.6) is 0 Å². The molecule has 1 saturated heterocycles. The molecule has 44 valence electrons. The summed E-state index contributed by atoms with van der Waals surface area (Å²) in [6.07, 6.45) is 2.28. The first-order valence-corrected chi connectivity index (χ1v) is 3.10. The maximum Gasteiger partial charge on any atom is 0.0421 e. The summed E-state index contributed by atoms with van der Waals surface area (Å²) in [5.74, 6) is 0. The highest BCUT2D eigenvalue weighted by molar-refractivity contribution is 5.23. The molecule has 1 atom stereocenters. The van der Waals surface area contributed by atoms with Crippen LogP contribution in [0.1, 0.15) is 0 Å². The van der Waals surface area contributed by atoms with Crippen molar-refractivity contribution >= 4 is 0 Å². The highest BCUT2D eigenvalue weighted by Gasteiger charge is 2.22. The fraction of sp³-hybridized carbons (Fsp3) is 0.667. The average molecular weight is 110 g/mol. The second-order valence-electron chi connectivity index (χ2n) is 2.37. The highest BCUT2D eigenvalue weighted by Crippen LogP contribution is 2.10. The van der Waals surface area contributed by atoms with Gasteiger partial charge in [0.1, 0.15) is 0 Å². The quantitative estimate of drug-likeness (QED) is 0.410. The molecule has 0 spiro atoms.